The van der Waals surface area contributed by atoms with Gasteiger partial charge in [-0.05, 0) is 11.6 Å². The number of aromatic nitrogens is 2. The summed E-state index contributed by atoms with van der Waals surface area (Å²) >= 11 is 0. The Morgan fingerprint density at radius 1 is 0.897 bits per heavy atom. The average Bonchev–Trinajstić information content (AvgIpc) is 2.80. The SMILES string of the molecule is C(=Cc1ccccc1)C=NNc1cc(N2CCOCC2)nc(N2CCOCC2)n1. The molecular weight excluding hydrogens is 368 g/mol. The minimum atomic E-state index is 0.673. The van der Waals surface area contributed by atoms with Crippen molar-refractivity contribution < 1.29 is 9.47 Å². The summed E-state index contributed by atoms with van der Waals surface area (Å²) in [5.41, 5.74) is 4.17. The number of nitrogens with one attached hydrogen (secondary N) is 1. The molecule has 2 saturated heterocycles. The van der Waals surface area contributed by atoms with Crippen molar-refractivity contribution in [1.29, 1.82) is 0 Å². The van der Waals surface area contributed by atoms with Crippen molar-refractivity contribution in [3.05, 3.63) is 48.0 Å². The summed E-state index contributed by atoms with van der Waals surface area (Å²) in [6, 6.07) is 12.1. The molecule has 152 valence electrons. The predicted octanol–water partition coefficient (Wildman–Crippen LogP) is 2.26. The Hall–Kier alpha value is -2.97. The molecule has 0 bridgehead atoms. The molecule has 0 spiro atoms. The second-order valence-electron chi connectivity index (χ2n) is 6.77. The Morgan fingerprint density at radius 3 is 2.31 bits per heavy atom. The molecular formula is C21H26N6O2. The highest BCUT2D eigenvalue weighted by atomic mass is 16.5. The molecule has 1 aromatic heterocycles. The van der Waals surface area contributed by atoms with E-state index in [4.69, 9.17) is 14.5 Å². The smallest absolute Gasteiger partial charge is 0.229 e. The zero-order valence-corrected chi connectivity index (χ0v) is 16.4. The van der Waals surface area contributed by atoms with Gasteiger partial charge in [-0.25, -0.2) is 0 Å². The Morgan fingerprint density at radius 2 is 1.59 bits per heavy atom. The van der Waals surface area contributed by atoms with E-state index < -0.39 is 0 Å². The second-order valence-corrected chi connectivity index (χ2v) is 6.77. The van der Waals surface area contributed by atoms with Crippen LogP contribution in [0.5, 0.6) is 0 Å². The van der Waals surface area contributed by atoms with Gasteiger partial charge in [0.2, 0.25) is 5.95 Å². The summed E-state index contributed by atoms with van der Waals surface area (Å²) in [6.07, 6.45) is 5.62. The van der Waals surface area contributed by atoms with Gasteiger partial charge in [-0.2, -0.15) is 15.1 Å². The van der Waals surface area contributed by atoms with Crippen LogP contribution in [0.15, 0.2) is 47.6 Å². The van der Waals surface area contributed by atoms with E-state index in [-0.39, 0.29) is 0 Å². The number of anilines is 3. The molecule has 8 heteroatoms. The van der Waals surface area contributed by atoms with Crippen molar-refractivity contribution in [2.75, 3.05) is 67.8 Å². The van der Waals surface area contributed by atoms with E-state index in [1.807, 2.05) is 48.6 Å². The summed E-state index contributed by atoms with van der Waals surface area (Å²) in [5.74, 6) is 2.27. The van der Waals surface area contributed by atoms with E-state index in [1.165, 1.54) is 0 Å². The first-order chi connectivity index (χ1) is 14.4. The van der Waals surface area contributed by atoms with Gasteiger partial charge < -0.3 is 19.3 Å². The molecule has 0 radical (unpaired) electrons. The predicted molar refractivity (Wildman–Crippen MR) is 116 cm³/mol. The minimum absolute atomic E-state index is 0.673. The van der Waals surface area contributed by atoms with E-state index in [9.17, 15) is 0 Å². The third-order valence-corrected chi connectivity index (χ3v) is 4.76. The third kappa shape index (κ3) is 5.52. The topological polar surface area (TPSA) is 75.1 Å². The zero-order chi connectivity index (χ0) is 19.7. The van der Waals surface area contributed by atoms with Crippen LogP contribution in [0.2, 0.25) is 0 Å². The highest BCUT2D eigenvalue weighted by Gasteiger charge is 2.19. The summed E-state index contributed by atoms with van der Waals surface area (Å²) in [6.45, 7) is 6.02. The first-order valence-corrected chi connectivity index (χ1v) is 9.94. The maximum atomic E-state index is 5.47. The highest BCUT2D eigenvalue weighted by molar-refractivity contribution is 5.78. The summed E-state index contributed by atoms with van der Waals surface area (Å²) in [5, 5.41) is 4.29. The first kappa shape index (κ1) is 19.4. The number of morpholine rings is 2. The molecule has 1 N–H and O–H groups in total. The van der Waals surface area contributed by atoms with Crippen molar-refractivity contribution >= 4 is 29.9 Å². The number of benzene rings is 1. The van der Waals surface area contributed by atoms with Crippen molar-refractivity contribution in [2.24, 2.45) is 5.10 Å². The molecule has 0 aliphatic carbocycles. The fourth-order valence-electron chi connectivity index (χ4n) is 3.20. The number of ether oxygens (including phenoxy) is 2. The van der Waals surface area contributed by atoms with Crippen LogP contribution in [-0.2, 0) is 9.47 Å². The van der Waals surface area contributed by atoms with Gasteiger partial charge in [-0.1, -0.05) is 36.4 Å². The van der Waals surface area contributed by atoms with Gasteiger partial charge in [0.1, 0.15) is 5.82 Å². The lowest BCUT2D eigenvalue weighted by molar-refractivity contribution is 0.121. The lowest BCUT2D eigenvalue weighted by atomic mass is 10.2. The molecule has 2 aliphatic heterocycles. The maximum absolute atomic E-state index is 5.47. The van der Waals surface area contributed by atoms with E-state index in [0.29, 0.717) is 38.2 Å². The highest BCUT2D eigenvalue weighted by Crippen LogP contribution is 2.22. The van der Waals surface area contributed by atoms with Gasteiger partial charge in [-0.3, -0.25) is 5.43 Å². The van der Waals surface area contributed by atoms with Crippen molar-refractivity contribution in [3.8, 4) is 0 Å². The normalized spacial score (nSPS) is 17.9. The summed E-state index contributed by atoms with van der Waals surface area (Å²) in [4.78, 5) is 13.8. The molecule has 29 heavy (non-hydrogen) atoms. The average molecular weight is 394 g/mol. The molecule has 0 unspecified atom stereocenters. The van der Waals surface area contributed by atoms with Crippen LogP contribution in [0.25, 0.3) is 6.08 Å². The van der Waals surface area contributed by atoms with Crippen LogP contribution in [0.1, 0.15) is 5.56 Å². The van der Waals surface area contributed by atoms with Crippen LogP contribution in [0, 0.1) is 0 Å². The maximum Gasteiger partial charge on any atom is 0.229 e. The summed E-state index contributed by atoms with van der Waals surface area (Å²) in [7, 11) is 0. The standard InChI is InChI=1S/C21H26N6O2/c1-2-5-18(6-3-1)7-4-8-22-25-19-17-20(26-9-13-28-14-10-26)24-21(23-19)27-11-15-29-16-12-27/h1-8,17H,9-16H2,(H,23,24,25). The van der Waals surface area contributed by atoms with E-state index in [0.717, 1.165) is 37.6 Å². The van der Waals surface area contributed by atoms with Gasteiger partial charge in [0.25, 0.3) is 0 Å². The van der Waals surface area contributed by atoms with Crippen LogP contribution < -0.4 is 15.2 Å². The van der Waals surface area contributed by atoms with E-state index >= 15 is 0 Å². The number of hydrazone groups is 1. The number of rotatable bonds is 6. The Labute approximate surface area is 170 Å². The number of nitrogens with zero attached hydrogens (tertiary/aromatic N) is 5. The molecule has 2 aromatic rings. The molecule has 0 saturated carbocycles. The first-order valence-electron chi connectivity index (χ1n) is 9.94. The zero-order valence-electron chi connectivity index (χ0n) is 16.4. The molecule has 0 amide bonds. The van der Waals surface area contributed by atoms with Gasteiger partial charge in [0.15, 0.2) is 5.82 Å². The molecule has 2 fully saturated rings. The molecule has 0 atom stereocenters. The molecule has 4 rings (SSSR count). The molecule has 8 nitrogen and oxygen atoms in total. The fraction of sp³-hybridized carbons (Fsp3) is 0.381. The van der Waals surface area contributed by atoms with Crippen LogP contribution in [-0.4, -0.2) is 68.8 Å². The molecule has 2 aliphatic rings. The quantitative estimate of drug-likeness (QED) is 0.595. The van der Waals surface area contributed by atoms with Gasteiger partial charge in [0.05, 0.1) is 26.4 Å². The van der Waals surface area contributed by atoms with Crippen LogP contribution in [0.3, 0.4) is 0 Å². The monoisotopic (exact) mass is 394 g/mol. The van der Waals surface area contributed by atoms with Crippen LogP contribution in [0.4, 0.5) is 17.6 Å². The Bertz CT molecular complexity index is 794. The summed E-state index contributed by atoms with van der Waals surface area (Å²) < 4.78 is 10.9. The van der Waals surface area contributed by atoms with Crippen molar-refractivity contribution in [2.45, 2.75) is 0 Å². The Kier molecular flexibility index (Phi) is 6.67. The fourth-order valence-corrected chi connectivity index (χ4v) is 3.20. The lowest BCUT2D eigenvalue weighted by Crippen LogP contribution is -2.39. The number of hydrogen-bond donors (Lipinski definition) is 1. The van der Waals surface area contributed by atoms with Crippen molar-refractivity contribution in [1.82, 2.24) is 9.97 Å². The van der Waals surface area contributed by atoms with E-state index in [1.54, 1.807) is 6.21 Å². The third-order valence-electron chi connectivity index (χ3n) is 4.76. The van der Waals surface area contributed by atoms with E-state index in [2.05, 4.69) is 25.3 Å². The largest absolute Gasteiger partial charge is 0.378 e. The lowest BCUT2D eigenvalue weighted by Gasteiger charge is -2.31. The number of allylic oxidation sites excluding steroid dienone is 1. The molecule has 3 heterocycles. The number of hydrogen-bond acceptors (Lipinski definition) is 8. The van der Waals surface area contributed by atoms with Crippen LogP contribution >= 0.6 is 0 Å². The van der Waals surface area contributed by atoms with Gasteiger partial charge in [0, 0.05) is 38.5 Å². The van der Waals surface area contributed by atoms with Gasteiger partial charge in [-0.15, -0.1) is 0 Å². The second kappa shape index (κ2) is 9.99. The minimum Gasteiger partial charge on any atom is -0.378 e. The van der Waals surface area contributed by atoms with Gasteiger partial charge >= 0.3 is 0 Å². The van der Waals surface area contributed by atoms with Crippen molar-refractivity contribution in [3.63, 3.8) is 0 Å². The Balaban J connectivity index is 1.48. The molecule has 1 aromatic carbocycles.